The number of rotatable bonds is 1. The van der Waals surface area contributed by atoms with Gasteiger partial charge < -0.3 is 9.47 Å². The van der Waals surface area contributed by atoms with Gasteiger partial charge in [-0.05, 0) is 37.1 Å². The van der Waals surface area contributed by atoms with Crippen LogP contribution in [0.15, 0.2) is 30.3 Å². The molecule has 100 valence electrons. The first-order valence-electron chi connectivity index (χ1n) is 6.57. The molecule has 1 aromatic rings. The largest absolute Gasteiger partial charge is 0.451 e. The van der Waals surface area contributed by atoms with Crippen LogP contribution in [0.1, 0.15) is 37.7 Å². The van der Waals surface area contributed by atoms with E-state index in [4.69, 9.17) is 21.1 Å². The first-order chi connectivity index (χ1) is 9.17. The Morgan fingerprint density at radius 2 is 1.68 bits per heavy atom. The minimum atomic E-state index is -0.751. The Labute approximate surface area is 117 Å². The Kier molecular flexibility index (Phi) is 3.23. The van der Waals surface area contributed by atoms with Crippen LogP contribution in [-0.4, -0.2) is 11.8 Å². The molecule has 0 bridgehead atoms. The number of esters is 1. The molecule has 3 nitrogen and oxygen atoms in total. The summed E-state index contributed by atoms with van der Waals surface area (Å²) in [7, 11) is 0. The molecule has 1 aliphatic carbocycles. The molecule has 19 heavy (non-hydrogen) atoms. The zero-order valence-electron chi connectivity index (χ0n) is 10.5. The third kappa shape index (κ3) is 2.61. The second kappa shape index (κ2) is 4.89. The van der Waals surface area contributed by atoms with Crippen LogP contribution < -0.4 is 0 Å². The molecule has 0 unspecified atom stereocenters. The lowest BCUT2D eigenvalue weighted by atomic mass is 9.93. The van der Waals surface area contributed by atoms with E-state index >= 15 is 0 Å². The summed E-state index contributed by atoms with van der Waals surface area (Å²) in [5, 5.41) is 0.662. The highest BCUT2D eigenvalue weighted by atomic mass is 35.5. The number of benzene rings is 1. The Bertz CT molecular complexity index is 513. The first kappa shape index (κ1) is 12.5. The van der Waals surface area contributed by atoms with Crippen LogP contribution in [0.25, 0.3) is 5.76 Å². The normalized spacial score (nSPS) is 21.5. The SMILES string of the molecule is O=C1C=C(c2ccc(Cl)cc2)OC2(CCCCC2)O1. The van der Waals surface area contributed by atoms with Gasteiger partial charge in [-0.3, -0.25) is 0 Å². The van der Waals surface area contributed by atoms with E-state index in [2.05, 4.69) is 0 Å². The van der Waals surface area contributed by atoms with Crippen molar-refractivity contribution < 1.29 is 14.3 Å². The Morgan fingerprint density at radius 1 is 1.00 bits per heavy atom. The summed E-state index contributed by atoms with van der Waals surface area (Å²) in [5.74, 6) is -0.494. The molecule has 0 N–H and O–H groups in total. The summed E-state index contributed by atoms with van der Waals surface area (Å²) < 4.78 is 11.4. The molecule has 0 saturated heterocycles. The Balaban J connectivity index is 1.89. The van der Waals surface area contributed by atoms with Crippen LogP contribution in [0.4, 0.5) is 0 Å². The van der Waals surface area contributed by atoms with Gasteiger partial charge in [-0.1, -0.05) is 18.0 Å². The van der Waals surface area contributed by atoms with Crippen molar-refractivity contribution in [2.24, 2.45) is 0 Å². The summed E-state index contributed by atoms with van der Waals surface area (Å²) in [6, 6.07) is 7.27. The van der Waals surface area contributed by atoms with Gasteiger partial charge in [0.1, 0.15) is 5.76 Å². The number of carbonyl (C=O) groups is 1. The molecule has 2 aliphatic rings. The molecular formula is C15H15ClO3. The van der Waals surface area contributed by atoms with Gasteiger partial charge in [0, 0.05) is 23.4 Å². The van der Waals surface area contributed by atoms with Crippen LogP contribution >= 0.6 is 11.6 Å². The fourth-order valence-corrected chi connectivity index (χ4v) is 2.75. The zero-order chi connectivity index (χ0) is 13.3. The number of ether oxygens (including phenoxy) is 2. The van der Waals surface area contributed by atoms with Crippen LogP contribution in [0.2, 0.25) is 5.02 Å². The quantitative estimate of drug-likeness (QED) is 0.731. The van der Waals surface area contributed by atoms with E-state index < -0.39 is 5.79 Å². The van der Waals surface area contributed by atoms with Gasteiger partial charge in [0.2, 0.25) is 0 Å². The number of hydrogen-bond donors (Lipinski definition) is 0. The van der Waals surface area contributed by atoms with Crippen LogP contribution in [0, 0.1) is 0 Å². The average molecular weight is 279 g/mol. The van der Waals surface area contributed by atoms with E-state index in [1.807, 2.05) is 12.1 Å². The molecule has 1 aromatic carbocycles. The van der Waals surface area contributed by atoms with Crippen molar-refractivity contribution in [3.63, 3.8) is 0 Å². The molecule has 1 aliphatic heterocycles. The second-order valence-corrected chi connectivity index (χ2v) is 5.45. The van der Waals surface area contributed by atoms with Crippen molar-refractivity contribution in [1.82, 2.24) is 0 Å². The average Bonchev–Trinajstić information content (AvgIpc) is 2.39. The summed E-state index contributed by atoms with van der Waals surface area (Å²) in [5.41, 5.74) is 0.853. The van der Waals surface area contributed by atoms with E-state index in [9.17, 15) is 4.79 Å². The lowest BCUT2D eigenvalue weighted by molar-refractivity contribution is -0.219. The lowest BCUT2D eigenvalue weighted by Gasteiger charge is -2.39. The van der Waals surface area contributed by atoms with Gasteiger partial charge in [-0.2, -0.15) is 0 Å². The van der Waals surface area contributed by atoms with E-state index in [0.29, 0.717) is 10.8 Å². The summed E-state index contributed by atoms with van der Waals surface area (Å²) in [6.07, 6.45) is 6.17. The summed E-state index contributed by atoms with van der Waals surface area (Å²) in [6.45, 7) is 0. The molecule has 4 heteroatoms. The van der Waals surface area contributed by atoms with Crippen molar-refractivity contribution >= 4 is 23.3 Å². The number of carbonyl (C=O) groups excluding carboxylic acids is 1. The predicted molar refractivity (Wildman–Crippen MR) is 72.4 cm³/mol. The summed E-state index contributed by atoms with van der Waals surface area (Å²) in [4.78, 5) is 11.8. The van der Waals surface area contributed by atoms with Crippen molar-refractivity contribution in [2.75, 3.05) is 0 Å². The Morgan fingerprint density at radius 3 is 2.37 bits per heavy atom. The molecule has 0 radical (unpaired) electrons. The highest BCUT2D eigenvalue weighted by Gasteiger charge is 2.41. The fraction of sp³-hybridized carbons (Fsp3) is 0.400. The van der Waals surface area contributed by atoms with Gasteiger partial charge in [-0.15, -0.1) is 0 Å². The molecule has 0 aromatic heterocycles. The molecule has 3 rings (SSSR count). The van der Waals surface area contributed by atoms with Crippen LogP contribution in [0.3, 0.4) is 0 Å². The smallest absolute Gasteiger partial charge is 0.337 e. The fourth-order valence-electron chi connectivity index (χ4n) is 2.62. The zero-order valence-corrected chi connectivity index (χ0v) is 11.3. The van der Waals surface area contributed by atoms with E-state index in [1.54, 1.807) is 12.1 Å². The summed E-state index contributed by atoms with van der Waals surface area (Å²) >= 11 is 5.87. The van der Waals surface area contributed by atoms with Crippen molar-refractivity contribution in [1.29, 1.82) is 0 Å². The van der Waals surface area contributed by atoms with Gasteiger partial charge >= 0.3 is 5.97 Å². The minimum absolute atomic E-state index is 0.321. The van der Waals surface area contributed by atoms with Gasteiger partial charge in [-0.25, -0.2) is 4.79 Å². The predicted octanol–water partition coefficient (Wildman–Crippen LogP) is 3.91. The highest BCUT2D eigenvalue weighted by Crippen LogP contribution is 2.39. The molecule has 1 saturated carbocycles. The van der Waals surface area contributed by atoms with Crippen LogP contribution in [-0.2, 0) is 14.3 Å². The topological polar surface area (TPSA) is 35.5 Å². The Hall–Kier alpha value is -1.48. The van der Waals surface area contributed by atoms with E-state index in [1.165, 1.54) is 12.5 Å². The lowest BCUT2D eigenvalue weighted by Crippen LogP contribution is -2.41. The molecule has 1 spiro atoms. The van der Waals surface area contributed by atoms with Crippen molar-refractivity contribution in [3.8, 4) is 0 Å². The standard InChI is InChI=1S/C15H15ClO3/c16-12-6-4-11(5-7-12)13-10-14(17)19-15(18-13)8-2-1-3-9-15/h4-7,10H,1-3,8-9H2. The highest BCUT2D eigenvalue weighted by molar-refractivity contribution is 6.30. The van der Waals surface area contributed by atoms with Gasteiger partial charge in [0.05, 0.1) is 6.08 Å². The van der Waals surface area contributed by atoms with Crippen molar-refractivity contribution in [2.45, 2.75) is 37.9 Å². The maximum atomic E-state index is 11.8. The molecule has 1 heterocycles. The maximum Gasteiger partial charge on any atom is 0.337 e. The molecule has 0 amide bonds. The molecular weight excluding hydrogens is 264 g/mol. The monoisotopic (exact) mass is 278 g/mol. The van der Waals surface area contributed by atoms with Gasteiger partial charge in [0.15, 0.2) is 0 Å². The first-order valence-corrected chi connectivity index (χ1v) is 6.94. The maximum absolute atomic E-state index is 11.8. The van der Waals surface area contributed by atoms with E-state index in [-0.39, 0.29) is 5.97 Å². The number of halogens is 1. The third-order valence-electron chi connectivity index (χ3n) is 3.58. The van der Waals surface area contributed by atoms with E-state index in [0.717, 1.165) is 31.2 Å². The number of hydrogen-bond acceptors (Lipinski definition) is 3. The van der Waals surface area contributed by atoms with Crippen molar-refractivity contribution in [3.05, 3.63) is 40.9 Å². The minimum Gasteiger partial charge on any atom is -0.451 e. The second-order valence-electron chi connectivity index (χ2n) is 5.01. The molecule has 0 atom stereocenters. The van der Waals surface area contributed by atoms with Crippen LogP contribution in [0.5, 0.6) is 0 Å². The third-order valence-corrected chi connectivity index (χ3v) is 3.83. The van der Waals surface area contributed by atoms with Gasteiger partial charge in [0.25, 0.3) is 5.79 Å². The molecule has 1 fully saturated rings.